The standard InChI is InChI=1S/C9H12O.C2N2/c10-8-4-7-9-5-2-1-3-6-9;3-1-2-4/h1-3,5-6,10H,4,7-8H2;. The van der Waals surface area contributed by atoms with Crippen LogP contribution in [-0.2, 0) is 6.42 Å². The number of benzene rings is 1. The summed E-state index contributed by atoms with van der Waals surface area (Å²) < 4.78 is 0. The summed E-state index contributed by atoms with van der Waals surface area (Å²) in [5, 5.41) is 23.1. The molecule has 0 aliphatic heterocycles. The Hall–Kier alpha value is -1.84. The van der Waals surface area contributed by atoms with Crippen LogP contribution in [0.15, 0.2) is 30.3 Å². The second-order valence-electron chi connectivity index (χ2n) is 2.54. The van der Waals surface area contributed by atoms with Crippen LogP contribution in [0, 0.1) is 22.7 Å². The molecule has 0 saturated heterocycles. The Balaban J connectivity index is 0.000000364. The third-order valence-corrected chi connectivity index (χ3v) is 1.52. The van der Waals surface area contributed by atoms with E-state index in [-0.39, 0.29) is 6.61 Å². The molecular weight excluding hydrogens is 176 g/mol. The molecule has 0 spiro atoms. The molecule has 0 saturated carbocycles. The smallest absolute Gasteiger partial charge is 0.181 e. The molecule has 0 radical (unpaired) electrons. The Labute approximate surface area is 83.8 Å². The molecule has 72 valence electrons. The lowest BCUT2D eigenvalue weighted by Crippen LogP contribution is -1.87. The maximum atomic E-state index is 8.53. The molecule has 0 fully saturated rings. The van der Waals surface area contributed by atoms with E-state index in [1.165, 1.54) is 17.7 Å². The van der Waals surface area contributed by atoms with E-state index >= 15 is 0 Å². The summed E-state index contributed by atoms with van der Waals surface area (Å²) in [4.78, 5) is 0. The van der Waals surface area contributed by atoms with Gasteiger partial charge in [-0.2, -0.15) is 10.5 Å². The molecule has 1 N–H and O–H groups in total. The summed E-state index contributed by atoms with van der Waals surface area (Å²) in [5.74, 6) is 0. The summed E-state index contributed by atoms with van der Waals surface area (Å²) in [6.45, 7) is 0.287. The number of hydrogen-bond acceptors (Lipinski definition) is 3. The second kappa shape index (κ2) is 9.25. The number of aryl methyl sites for hydroxylation is 1. The van der Waals surface area contributed by atoms with E-state index in [1.807, 2.05) is 18.2 Å². The van der Waals surface area contributed by atoms with Gasteiger partial charge in [0.2, 0.25) is 0 Å². The molecule has 1 aromatic rings. The fraction of sp³-hybridized carbons (Fsp3) is 0.273. The monoisotopic (exact) mass is 188 g/mol. The molecule has 1 rings (SSSR count). The van der Waals surface area contributed by atoms with E-state index < -0.39 is 0 Å². The zero-order valence-electron chi connectivity index (χ0n) is 7.85. The highest BCUT2D eigenvalue weighted by atomic mass is 16.2. The molecule has 0 amide bonds. The molecule has 0 heterocycles. The van der Waals surface area contributed by atoms with E-state index in [2.05, 4.69) is 12.1 Å². The maximum absolute atomic E-state index is 8.53. The Morgan fingerprint density at radius 1 is 1.07 bits per heavy atom. The first-order valence-electron chi connectivity index (χ1n) is 4.28. The fourth-order valence-electron chi connectivity index (χ4n) is 0.928. The number of hydrogen-bond donors (Lipinski definition) is 1. The Kier molecular flexibility index (Phi) is 8.03. The summed E-state index contributed by atoms with van der Waals surface area (Å²) >= 11 is 0. The van der Waals surface area contributed by atoms with Crippen LogP contribution in [-0.4, -0.2) is 11.7 Å². The van der Waals surface area contributed by atoms with Gasteiger partial charge in [-0.3, -0.25) is 0 Å². The van der Waals surface area contributed by atoms with E-state index in [0.717, 1.165) is 12.8 Å². The quantitative estimate of drug-likeness (QED) is 0.784. The summed E-state index contributed by atoms with van der Waals surface area (Å²) in [5.41, 5.74) is 1.30. The lowest BCUT2D eigenvalue weighted by Gasteiger charge is -1.96. The third kappa shape index (κ3) is 6.84. The van der Waals surface area contributed by atoms with Crippen LogP contribution in [0.1, 0.15) is 12.0 Å². The van der Waals surface area contributed by atoms with Crippen molar-refractivity contribution in [2.24, 2.45) is 0 Å². The highest BCUT2D eigenvalue weighted by Gasteiger charge is 1.87. The molecule has 0 bridgehead atoms. The van der Waals surface area contributed by atoms with Crippen molar-refractivity contribution in [1.29, 1.82) is 10.5 Å². The van der Waals surface area contributed by atoms with Crippen LogP contribution in [0.2, 0.25) is 0 Å². The maximum Gasteiger partial charge on any atom is 0.181 e. The Morgan fingerprint density at radius 3 is 2.07 bits per heavy atom. The molecule has 3 heteroatoms. The van der Waals surface area contributed by atoms with Crippen molar-refractivity contribution in [3.05, 3.63) is 35.9 Å². The number of rotatable bonds is 3. The molecule has 0 aliphatic carbocycles. The minimum atomic E-state index is 0.287. The van der Waals surface area contributed by atoms with E-state index in [9.17, 15) is 0 Å². The van der Waals surface area contributed by atoms with Crippen LogP contribution >= 0.6 is 0 Å². The van der Waals surface area contributed by atoms with Crippen molar-refractivity contribution in [1.82, 2.24) is 0 Å². The van der Waals surface area contributed by atoms with Gasteiger partial charge in [0, 0.05) is 6.61 Å². The van der Waals surface area contributed by atoms with Crippen molar-refractivity contribution in [2.75, 3.05) is 6.61 Å². The average Bonchev–Trinajstić information content (AvgIpc) is 2.28. The first kappa shape index (κ1) is 12.2. The van der Waals surface area contributed by atoms with E-state index in [0.29, 0.717) is 0 Å². The predicted molar refractivity (Wildman–Crippen MR) is 53.1 cm³/mol. The van der Waals surface area contributed by atoms with Gasteiger partial charge in [0.15, 0.2) is 12.1 Å². The number of aliphatic hydroxyl groups is 1. The number of aliphatic hydroxyl groups excluding tert-OH is 1. The van der Waals surface area contributed by atoms with Crippen molar-refractivity contribution in [3.8, 4) is 12.1 Å². The first-order valence-corrected chi connectivity index (χ1v) is 4.28. The van der Waals surface area contributed by atoms with E-state index in [1.54, 1.807) is 0 Å². The van der Waals surface area contributed by atoms with Gasteiger partial charge in [0.1, 0.15) is 0 Å². The van der Waals surface area contributed by atoms with Crippen molar-refractivity contribution in [3.63, 3.8) is 0 Å². The van der Waals surface area contributed by atoms with Gasteiger partial charge in [-0.25, -0.2) is 0 Å². The minimum Gasteiger partial charge on any atom is -0.396 e. The molecule has 0 atom stereocenters. The van der Waals surface area contributed by atoms with Crippen molar-refractivity contribution >= 4 is 0 Å². The number of nitrogens with zero attached hydrogens (tertiary/aromatic N) is 2. The number of nitriles is 2. The predicted octanol–water partition coefficient (Wildman–Crippen LogP) is 1.65. The normalized spacial score (nSPS) is 7.64. The van der Waals surface area contributed by atoms with Gasteiger partial charge in [0.25, 0.3) is 0 Å². The van der Waals surface area contributed by atoms with Gasteiger partial charge in [0.05, 0.1) is 0 Å². The zero-order valence-corrected chi connectivity index (χ0v) is 7.85. The van der Waals surface area contributed by atoms with Gasteiger partial charge in [-0.05, 0) is 18.4 Å². The molecule has 0 unspecified atom stereocenters. The largest absolute Gasteiger partial charge is 0.396 e. The summed E-state index contributed by atoms with van der Waals surface area (Å²) in [7, 11) is 0. The molecule has 3 nitrogen and oxygen atoms in total. The van der Waals surface area contributed by atoms with Crippen LogP contribution in [0.4, 0.5) is 0 Å². The zero-order chi connectivity index (χ0) is 10.6. The molecular formula is C11H12N2O. The third-order valence-electron chi connectivity index (χ3n) is 1.52. The highest BCUT2D eigenvalue weighted by molar-refractivity contribution is 5.14. The molecule has 0 aliphatic rings. The Morgan fingerprint density at radius 2 is 1.64 bits per heavy atom. The van der Waals surface area contributed by atoms with Crippen LogP contribution in [0.5, 0.6) is 0 Å². The SMILES string of the molecule is N#CC#N.OCCCc1ccccc1. The summed E-state index contributed by atoms with van der Waals surface area (Å²) in [6, 6.07) is 12.7. The van der Waals surface area contributed by atoms with Crippen LogP contribution < -0.4 is 0 Å². The second-order valence-corrected chi connectivity index (χ2v) is 2.54. The van der Waals surface area contributed by atoms with Crippen molar-refractivity contribution in [2.45, 2.75) is 12.8 Å². The highest BCUT2D eigenvalue weighted by Crippen LogP contribution is 2.00. The van der Waals surface area contributed by atoms with Gasteiger partial charge in [-0.1, -0.05) is 30.3 Å². The van der Waals surface area contributed by atoms with Gasteiger partial charge >= 0.3 is 0 Å². The first-order chi connectivity index (χ1) is 6.85. The van der Waals surface area contributed by atoms with E-state index in [4.69, 9.17) is 15.6 Å². The minimum absolute atomic E-state index is 0.287. The Bertz CT molecular complexity index is 296. The van der Waals surface area contributed by atoms with Crippen LogP contribution in [0.25, 0.3) is 0 Å². The molecule has 1 aromatic carbocycles. The topological polar surface area (TPSA) is 67.8 Å². The molecule has 0 aromatic heterocycles. The fourth-order valence-corrected chi connectivity index (χ4v) is 0.928. The lowest BCUT2D eigenvalue weighted by molar-refractivity contribution is 0.288. The average molecular weight is 188 g/mol. The molecule has 14 heavy (non-hydrogen) atoms. The van der Waals surface area contributed by atoms with Crippen LogP contribution in [0.3, 0.4) is 0 Å². The van der Waals surface area contributed by atoms with Gasteiger partial charge < -0.3 is 5.11 Å². The van der Waals surface area contributed by atoms with Crippen molar-refractivity contribution < 1.29 is 5.11 Å². The van der Waals surface area contributed by atoms with Gasteiger partial charge in [-0.15, -0.1) is 0 Å². The lowest BCUT2D eigenvalue weighted by atomic mass is 10.1. The summed E-state index contributed by atoms with van der Waals surface area (Å²) in [6.07, 6.45) is 1.85.